The molecule has 0 unspecified atom stereocenters. The van der Waals surface area contributed by atoms with Crippen molar-refractivity contribution in [1.82, 2.24) is 0 Å². The summed E-state index contributed by atoms with van der Waals surface area (Å²) in [5, 5.41) is 0. The van der Waals surface area contributed by atoms with Crippen LogP contribution in [0.25, 0.3) is 11.1 Å². The van der Waals surface area contributed by atoms with Crippen LogP contribution in [0.5, 0.6) is 0 Å². The maximum absolute atomic E-state index is 10.9. The van der Waals surface area contributed by atoms with E-state index in [1.165, 1.54) is 16.7 Å². The summed E-state index contributed by atoms with van der Waals surface area (Å²) in [4.78, 5) is 10.9. The summed E-state index contributed by atoms with van der Waals surface area (Å²) in [7, 11) is 0. The number of aldehydes is 1. The zero-order valence-corrected chi connectivity index (χ0v) is 12.0. The Kier molecular flexibility index (Phi) is 3.57. The molecule has 0 aromatic heterocycles. The summed E-state index contributed by atoms with van der Waals surface area (Å²) in [5.41, 5.74) is 5.66. The Hall–Kier alpha value is -1.89. The van der Waals surface area contributed by atoms with E-state index in [1.54, 1.807) is 0 Å². The summed E-state index contributed by atoms with van der Waals surface area (Å²) in [6.07, 6.45) is 0.899. The Labute approximate surface area is 115 Å². The first-order chi connectivity index (χ1) is 8.91. The fraction of sp³-hybridized carbons (Fsp3) is 0.278. The second-order valence-corrected chi connectivity index (χ2v) is 6.02. The van der Waals surface area contributed by atoms with E-state index in [-0.39, 0.29) is 5.41 Å². The molecule has 2 aromatic carbocycles. The summed E-state index contributed by atoms with van der Waals surface area (Å²) >= 11 is 0. The number of aryl methyl sites for hydroxylation is 1. The summed E-state index contributed by atoms with van der Waals surface area (Å²) in [5.74, 6) is 0. The van der Waals surface area contributed by atoms with Gasteiger partial charge in [-0.25, -0.2) is 0 Å². The smallest absolute Gasteiger partial charge is 0.150 e. The molecule has 0 fully saturated rings. The van der Waals surface area contributed by atoms with Gasteiger partial charge in [-0.15, -0.1) is 0 Å². The van der Waals surface area contributed by atoms with Gasteiger partial charge in [-0.2, -0.15) is 0 Å². The van der Waals surface area contributed by atoms with Gasteiger partial charge in [-0.1, -0.05) is 57.2 Å². The molecule has 98 valence electrons. The van der Waals surface area contributed by atoms with Crippen molar-refractivity contribution >= 4 is 6.29 Å². The predicted molar refractivity (Wildman–Crippen MR) is 80.7 cm³/mol. The summed E-state index contributed by atoms with van der Waals surface area (Å²) < 4.78 is 0. The van der Waals surface area contributed by atoms with Crippen LogP contribution >= 0.6 is 0 Å². The number of hydrogen-bond acceptors (Lipinski definition) is 1. The summed E-state index contributed by atoms with van der Waals surface area (Å²) in [6, 6.07) is 14.4. The lowest BCUT2D eigenvalue weighted by Gasteiger charge is -2.20. The van der Waals surface area contributed by atoms with Crippen molar-refractivity contribution in [2.45, 2.75) is 33.1 Å². The fourth-order valence-corrected chi connectivity index (χ4v) is 2.18. The quantitative estimate of drug-likeness (QED) is 0.703. The van der Waals surface area contributed by atoms with E-state index < -0.39 is 0 Å². The fourth-order valence-electron chi connectivity index (χ4n) is 2.18. The molecule has 2 aromatic rings. The van der Waals surface area contributed by atoms with Gasteiger partial charge in [0, 0.05) is 5.56 Å². The average molecular weight is 252 g/mol. The van der Waals surface area contributed by atoms with E-state index in [9.17, 15) is 4.79 Å². The lowest BCUT2D eigenvalue weighted by molar-refractivity contribution is 0.112. The van der Waals surface area contributed by atoms with E-state index in [2.05, 4.69) is 52.0 Å². The van der Waals surface area contributed by atoms with Crippen LogP contribution in [0.4, 0.5) is 0 Å². The standard InChI is InChI=1S/C18H20O/c1-13-8-9-14(12-19)10-17(13)15-6-5-7-16(11-15)18(2,3)4/h5-12H,1-4H3. The highest BCUT2D eigenvalue weighted by molar-refractivity contribution is 5.80. The number of benzene rings is 2. The van der Waals surface area contributed by atoms with Gasteiger partial charge in [0.1, 0.15) is 6.29 Å². The van der Waals surface area contributed by atoms with Crippen molar-refractivity contribution < 1.29 is 4.79 Å². The van der Waals surface area contributed by atoms with Gasteiger partial charge in [-0.05, 0) is 40.7 Å². The van der Waals surface area contributed by atoms with Crippen molar-refractivity contribution in [3.63, 3.8) is 0 Å². The van der Waals surface area contributed by atoms with Crippen LogP contribution in [0, 0.1) is 6.92 Å². The second-order valence-electron chi connectivity index (χ2n) is 6.02. The first-order valence-corrected chi connectivity index (χ1v) is 6.58. The molecule has 0 aliphatic rings. The molecule has 1 heteroatoms. The lowest BCUT2D eigenvalue weighted by Crippen LogP contribution is -2.10. The van der Waals surface area contributed by atoms with Crippen molar-refractivity contribution in [2.24, 2.45) is 0 Å². The summed E-state index contributed by atoms with van der Waals surface area (Å²) in [6.45, 7) is 8.70. The van der Waals surface area contributed by atoms with Crippen LogP contribution < -0.4 is 0 Å². The monoisotopic (exact) mass is 252 g/mol. The third kappa shape index (κ3) is 2.93. The molecule has 0 atom stereocenters. The molecule has 0 saturated carbocycles. The van der Waals surface area contributed by atoms with E-state index in [1.807, 2.05) is 18.2 Å². The number of carbonyl (C=O) groups excluding carboxylic acids is 1. The zero-order valence-electron chi connectivity index (χ0n) is 12.0. The molecule has 0 aliphatic carbocycles. The number of carbonyl (C=O) groups is 1. The topological polar surface area (TPSA) is 17.1 Å². The van der Waals surface area contributed by atoms with E-state index >= 15 is 0 Å². The molecule has 0 bridgehead atoms. The maximum atomic E-state index is 10.9. The molecule has 0 saturated heterocycles. The van der Waals surface area contributed by atoms with E-state index in [4.69, 9.17) is 0 Å². The highest BCUT2D eigenvalue weighted by Crippen LogP contribution is 2.29. The van der Waals surface area contributed by atoms with Gasteiger partial charge in [0.2, 0.25) is 0 Å². The maximum Gasteiger partial charge on any atom is 0.150 e. The molecule has 0 heterocycles. The Bertz CT molecular complexity index is 603. The van der Waals surface area contributed by atoms with Crippen LogP contribution in [0.1, 0.15) is 42.3 Å². The van der Waals surface area contributed by atoms with Crippen molar-refractivity contribution in [2.75, 3.05) is 0 Å². The normalized spacial score (nSPS) is 11.4. The number of rotatable bonds is 2. The van der Waals surface area contributed by atoms with Crippen LogP contribution in [0.2, 0.25) is 0 Å². The highest BCUT2D eigenvalue weighted by atomic mass is 16.1. The van der Waals surface area contributed by atoms with E-state index in [0.29, 0.717) is 0 Å². The average Bonchev–Trinajstić information content (AvgIpc) is 2.38. The third-order valence-corrected chi connectivity index (χ3v) is 3.44. The van der Waals surface area contributed by atoms with Gasteiger partial charge in [-0.3, -0.25) is 4.79 Å². The minimum Gasteiger partial charge on any atom is -0.298 e. The molecule has 2 rings (SSSR count). The van der Waals surface area contributed by atoms with Crippen molar-refractivity contribution in [3.05, 3.63) is 59.2 Å². The molecular formula is C18H20O. The van der Waals surface area contributed by atoms with Gasteiger partial charge in [0.05, 0.1) is 0 Å². The van der Waals surface area contributed by atoms with Crippen LogP contribution in [0.15, 0.2) is 42.5 Å². The lowest BCUT2D eigenvalue weighted by atomic mass is 9.85. The molecular weight excluding hydrogens is 232 g/mol. The zero-order chi connectivity index (χ0) is 14.0. The molecule has 0 radical (unpaired) electrons. The van der Waals surface area contributed by atoms with Crippen molar-refractivity contribution in [3.8, 4) is 11.1 Å². The molecule has 19 heavy (non-hydrogen) atoms. The molecule has 0 amide bonds. The second kappa shape index (κ2) is 5.00. The highest BCUT2D eigenvalue weighted by Gasteiger charge is 2.14. The molecule has 0 spiro atoms. The van der Waals surface area contributed by atoms with Crippen molar-refractivity contribution in [1.29, 1.82) is 0 Å². The number of hydrogen-bond donors (Lipinski definition) is 0. The van der Waals surface area contributed by atoms with E-state index in [0.717, 1.165) is 17.4 Å². The molecule has 0 N–H and O–H groups in total. The van der Waals surface area contributed by atoms with Gasteiger partial charge >= 0.3 is 0 Å². The predicted octanol–water partition coefficient (Wildman–Crippen LogP) is 4.77. The van der Waals surface area contributed by atoms with Crippen LogP contribution in [-0.2, 0) is 5.41 Å². The van der Waals surface area contributed by atoms with Gasteiger partial charge in [0.15, 0.2) is 0 Å². The Balaban J connectivity index is 2.56. The third-order valence-electron chi connectivity index (χ3n) is 3.44. The Morgan fingerprint density at radius 2 is 1.74 bits per heavy atom. The molecule has 0 aliphatic heterocycles. The SMILES string of the molecule is Cc1ccc(C=O)cc1-c1cccc(C(C)(C)C)c1. The van der Waals surface area contributed by atoms with Crippen LogP contribution in [0.3, 0.4) is 0 Å². The minimum absolute atomic E-state index is 0.131. The largest absolute Gasteiger partial charge is 0.298 e. The first kappa shape index (κ1) is 13.5. The molecule has 1 nitrogen and oxygen atoms in total. The van der Waals surface area contributed by atoms with Gasteiger partial charge < -0.3 is 0 Å². The first-order valence-electron chi connectivity index (χ1n) is 6.58. The minimum atomic E-state index is 0.131. The van der Waals surface area contributed by atoms with Gasteiger partial charge in [0.25, 0.3) is 0 Å². The van der Waals surface area contributed by atoms with Crippen LogP contribution in [-0.4, -0.2) is 6.29 Å². The Morgan fingerprint density at radius 1 is 1.00 bits per heavy atom. The Morgan fingerprint density at radius 3 is 2.37 bits per heavy atom.